The molecule has 0 aromatic heterocycles. The van der Waals surface area contributed by atoms with E-state index in [-0.39, 0.29) is 49.0 Å². The standard InChI is InChI=1S/C57H84N12O19S/c1-29(2)19-35(58)49(79)69-48(31(5)6)56(86)61-26-44(73)59-25-43(72)60-27-45(74)62-38(22-33-13-15-34(71)16-14-33)52(82)66-40(23-46(75)76)54(84)64-37(20-30(3)4)51(81)63-36(17-18-89-7)50(80)65-39(21-32-11-9-8-10-12-32)53(83)67-41(24-47(77)78)55(85)68-42(28-70)57(87)88/h8-16,29-31,35-42,48,70-71H,17-28,58H2,1-7H3,(H,59,73)(H,60,72)(H,61,86)(H,62,74)(H,63,81)(H,64,84)(H,65,80)(H,66,82)(H,67,83)(H,68,85)(H,69,79)(H,75,76)(H,77,78)(H,87,88)/t35-,36-,37-,38-,39-,40-,41-,42-,48-/m0/s1. The summed E-state index contributed by atoms with van der Waals surface area (Å²) in [6.45, 7) is 7.33. The van der Waals surface area contributed by atoms with Gasteiger partial charge in [-0.1, -0.05) is 84.0 Å². The summed E-state index contributed by atoms with van der Waals surface area (Å²) in [4.78, 5) is 183. The normalized spacial score (nSPS) is 14.1. The minimum atomic E-state index is -1.93. The molecule has 0 aliphatic carbocycles. The Hall–Kier alpha value is -8.91. The summed E-state index contributed by atoms with van der Waals surface area (Å²) in [5, 5.41) is 74.1. The van der Waals surface area contributed by atoms with Gasteiger partial charge in [0.15, 0.2) is 0 Å². The molecule has 0 bridgehead atoms. The Morgan fingerprint density at radius 1 is 0.461 bits per heavy atom. The van der Waals surface area contributed by atoms with Crippen molar-refractivity contribution < 1.29 is 92.7 Å². The third kappa shape index (κ3) is 29.6. The van der Waals surface area contributed by atoms with Gasteiger partial charge in [0.2, 0.25) is 65.0 Å². The summed E-state index contributed by atoms with van der Waals surface area (Å²) >= 11 is 1.27. The molecular formula is C57H84N12O19S. The highest BCUT2D eigenvalue weighted by Crippen LogP contribution is 2.14. The second kappa shape index (κ2) is 39.1. The first-order valence-electron chi connectivity index (χ1n) is 28.4. The number of nitrogens with two attached hydrogens (primary N) is 1. The summed E-state index contributed by atoms with van der Waals surface area (Å²) < 4.78 is 0. The monoisotopic (exact) mass is 1270 g/mol. The van der Waals surface area contributed by atoms with Gasteiger partial charge in [0, 0.05) is 12.8 Å². The van der Waals surface area contributed by atoms with E-state index in [2.05, 4.69) is 53.2 Å². The zero-order valence-corrected chi connectivity index (χ0v) is 51.4. The average molecular weight is 1270 g/mol. The van der Waals surface area contributed by atoms with Crippen molar-refractivity contribution in [2.45, 2.75) is 141 Å². The molecule has 31 nitrogen and oxygen atoms in total. The van der Waals surface area contributed by atoms with Gasteiger partial charge in [-0.3, -0.25) is 62.3 Å². The Balaban J connectivity index is 2.32. The highest BCUT2D eigenvalue weighted by atomic mass is 32.2. The van der Waals surface area contributed by atoms with E-state index in [1.165, 1.54) is 36.0 Å². The van der Waals surface area contributed by atoms with Crippen LogP contribution >= 0.6 is 11.8 Å². The van der Waals surface area contributed by atoms with Crippen molar-refractivity contribution in [2.24, 2.45) is 23.5 Å². The summed E-state index contributed by atoms with van der Waals surface area (Å²) in [5.74, 6) is -16.0. The molecule has 0 aliphatic heterocycles. The molecule has 32 heteroatoms. The average Bonchev–Trinajstić information content (AvgIpc) is 2.28. The van der Waals surface area contributed by atoms with Gasteiger partial charge < -0.3 is 89.8 Å². The molecule has 0 fully saturated rings. The molecule has 2 aromatic carbocycles. The van der Waals surface area contributed by atoms with Crippen LogP contribution in [0, 0.1) is 17.8 Å². The Labute approximate surface area is 518 Å². The lowest BCUT2D eigenvalue weighted by atomic mass is 10.0. The zero-order chi connectivity index (χ0) is 67.1. The van der Waals surface area contributed by atoms with Crippen LogP contribution in [0.1, 0.15) is 84.8 Å². The van der Waals surface area contributed by atoms with Crippen molar-refractivity contribution in [3.8, 4) is 5.75 Å². The van der Waals surface area contributed by atoms with E-state index in [4.69, 9.17) is 5.73 Å². The Kier molecular flexibility index (Phi) is 33.5. The van der Waals surface area contributed by atoms with Crippen LogP contribution in [0.15, 0.2) is 54.6 Å². The molecule has 492 valence electrons. The fourth-order valence-electron chi connectivity index (χ4n) is 8.35. The minimum Gasteiger partial charge on any atom is -0.508 e. The maximum Gasteiger partial charge on any atom is 0.328 e. The number of hydrogen-bond acceptors (Lipinski definition) is 18. The molecule has 0 saturated heterocycles. The van der Waals surface area contributed by atoms with Crippen LogP contribution in [0.4, 0.5) is 0 Å². The molecule has 0 radical (unpaired) electrons. The molecule has 2 rings (SSSR count). The smallest absolute Gasteiger partial charge is 0.328 e. The lowest BCUT2D eigenvalue weighted by Gasteiger charge is -2.28. The van der Waals surface area contributed by atoms with Crippen LogP contribution in [0.5, 0.6) is 5.75 Å². The molecule has 0 heterocycles. The van der Waals surface area contributed by atoms with E-state index in [1.54, 1.807) is 64.3 Å². The number of aliphatic hydroxyl groups is 1. The molecule has 89 heavy (non-hydrogen) atoms. The second-order valence-corrected chi connectivity index (χ2v) is 22.9. The number of aromatic hydroxyl groups is 1. The van der Waals surface area contributed by atoms with E-state index in [0.29, 0.717) is 17.5 Å². The van der Waals surface area contributed by atoms with Gasteiger partial charge in [-0.25, -0.2) is 4.79 Å². The Bertz CT molecular complexity index is 2770. The molecule has 0 spiro atoms. The van der Waals surface area contributed by atoms with Gasteiger partial charge in [0.05, 0.1) is 45.1 Å². The minimum absolute atomic E-state index is 0.0892. The second-order valence-electron chi connectivity index (χ2n) is 21.9. The van der Waals surface area contributed by atoms with Crippen molar-refractivity contribution in [3.05, 3.63) is 65.7 Å². The Morgan fingerprint density at radius 3 is 1.35 bits per heavy atom. The number of carboxylic acid groups (broad SMARTS) is 3. The number of phenols is 1. The third-order valence-corrected chi connectivity index (χ3v) is 13.6. The van der Waals surface area contributed by atoms with Crippen molar-refractivity contribution >= 4 is 94.6 Å². The van der Waals surface area contributed by atoms with Crippen molar-refractivity contribution in [3.63, 3.8) is 0 Å². The number of rotatable bonds is 40. The predicted molar refractivity (Wildman–Crippen MR) is 320 cm³/mol. The van der Waals surface area contributed by atoms with Crippen LogP contribution in [-0.4, -0.2) is 201 Å². The zero-order valence-electron chi connectivity index (χ0n) is 50.5. The van der Waals surface area contributed by atoms with Gasteiger partial charge in [-0.15, -0.1) is 0 Å². The SMILES string of the molecule is CSCC[C@H](NC(=O)[C@H](CC(C)C)NC(=O)[C@H](CC(=O)O)NC(=O)[C@H](Cc1ccc(O)cc1)NC(=O)CNC(=O)CNC(=O)CNC(=O)[C@@H](NC(=O)[C@@H](N)CC(C)C)C(C)C)C(=O)N[C@@H](Cc1ccccc1)C(=O)N[C@@H](CC(=O)O)C(=O)N[C@@H](CO)C(=O)O. The summed E-state index contributed by atoms with van der Waals surface area (Å²) in [6.07, 6.45) is -0.868. The lowest BCUT2D eigenvalue weighted by Crippen LogP contribution is -2.61. The van der Waals surface area contributed by atoms with Gasteiger partial charge in [-0.2, -0.15) is 11.8 Å². The van der Waals surface area contributed by atoms with Gasteiger partial charge >= 0.3 is 17.9 Å². The van der Waals surface area contributed by atoms with Crippen LogP contribution in [0.2, 0.25) is 0 Å². The summed E-state index contributed by atoms with van der Waals surface area (Å²) in [5.41, 5.74) is 6.76. The van der Waals surface area contributed by atoms with Crippen LogP contribution < -0.4 is 64.2 Å². The number of nitrogens with one attached hydrogen (secondary N) is 11. The molecule has 11 amide bonds. The van der Waals surface area contributed by atoms with Gasteiger partial charge in [0.25, 0.3) is 0 Å². The van der Waals surface area contributed by atoms with E-state index >= 15 is 0 Å². The first kappa shape index (κ1) is 76.2. The number of amides is 11. The quantitative estimate of drug-likeness (QED) is 0.0305. The number of thioether (sulfide) groups is 1. The molecule has 2 aromatic rings. The summed E-state index contributed by atoms with van der Waals surface area (Å²) in [6, 6.07) is -0.334. The largest absolute Gasteiger partial charge is 0.508 e. The topological polar surface area (TPSA) is 498 Å². The first-order valence-corrected chi connectivity index (χ1v) is 29.8. The summed E-state index contributed by atoms with van der Waals surface area (Å²) in [7, 11) is 0. The van der Waals surface area contributed by atoms with Crippen LogP contribution in [-0.2, 0) is 80.0 Å². The number of benzene rings is 2. The highest BCUT2D eigenvalue weighted by molar-refractivity contribution is 7.98. The molecule has 0 unspecified atom stereocenters. The predicted octanol–water partition coefficient (Wildman–Crippen LogP) is -3.74. The van der Waals surface area contributed by atoms with Crippen molar-refractivity contribution in [1.29, 1.82) is 0 Å². The third-order valence-electron chi connectivity index (χ3n) is 13.0. The molecule has 18 N–H and O–H groups in total. The van der Waals surface area contributed by atoms with Gasteiger partial charge in [-0.05, 0) is 72.3 Å². The number of hydrogen-bond donors (Lipinski definition) is 17. The first-order chi connectivity index (χ1) is 41.8. The van der Waals surface area contributed by atoms with E-state index in [9.17, 15) is 92.7 Å². The fraction of sp³-hybridized carbons (Fsp3) is 0.544. The van der Waals surface area contributed by atoms with Crippen LogP contribution in [0.25, 0.3) is 0 Å². The number of phenolic OH excluding ortho intramolecular Hbond substituents is 1. The van der Waals surface area contributed by atoms with Crippen molar-refractivity contribution in [1.82, 2.24) is 58.5 Å². The number of carboxylic acids is 3. The molecule has 0 aliphatic rings. The van der Waals surface area contributed by atoms with E-state index < -0.39 is 182 Å². The molecule has 0 saturated carbocycles. The highest BCUT2D eigenvalue weighted by Gasteiger charge is 2.36. The number of aliphatic hydroxyl groups excluding tert-OH is 1. The van der Waals surface area contributed by atoms with Crippen molar-refractivity contribution in [2.75, 3.05) is 38.2 Å². The molecule has 9 atom stereocenters. The lowest BCUT2D eigenvalue weighted by molar-refractivity contribution is -0.144. The maximum atomic E-state index is 14.3. The van der Waals surface area contributed by atoms with E-state index in [1.807, 2.05) is 19.2 Å². The fourth-order valence-corrected chi connectivity index (χ4v) is 8.82. The number of aliphatic carboxylic acids is 3. The van der Waals surface area contributed by atoms with Gasteiger partial charge in [0.1, 0.15) is 54.1 Å². The molecular weight excluding hydrogens is 1190 g/mol. The van der Waals surface area contributed by atoms with Crippen LogP contribution in [0.3, 0.4) is 0 Å². The Morgan fingerprint density at radius 2 is 0.876 bits per heavy atom. The van der Waals surface area contributed by atoms with E-state index in [0.717, 1.165) is 0 Å². The number of carbonyl (C=O) groups is 14. The maximum absolute atomic E-state index is 14.3. The number of carbonyl (C=O) groups excluding carboxylic acids is 11.